The topological polar surface area (TPSA) is 81.6 Å². The molecule has 0 atom stereocenters. The first-order chi connectivity index (χ1) is 10.6. The summed E-state index contributed by atoms with van der Waals surface area (Å²) in [6.45, 7) is 5.64. The molecule has 0 bridgehead atoms. The van der Waals surface area contributed by atoms with Gasteiger partial charge in [-0.1, -0.05) is 13.0 Å². The van der Waals surface area contributed by atoms with Gasteiger partial charge in [-0.2, -0.15) is 0 Å². The highest BCUT2D eigenvalue weighted by atomic mass is 16.5. The molecule has 5 nitrogen and oxygen atoms in total. The van der Waals surface area contributed by atoms with Crippen LogP contribution < -0.4 is 16.2 Å². The van der Waals surface area contributed by atoms with Gasteiger partial charge in [-0.05, 0) is 56.5 Å². The second kappa shape index (κ2) is 8.03. The highest BCUT2D eigenvalue weighted by Crippen LogP contribution is 2.23. The molecule has 1 saturated heterocycles. The van der Waals surface area contributed by atoms with E-state index < -0.39 is 0 Å². The molecule has 22 heavy (non-hydrogen) atoms. The smallest absolute Gasteiger partial charge is 0.220 e. The molecule has 2 rings (SSSR count). The van der Waals surface area contributed by atoms with E-state index in [0.29, 0.717) is 12.3 Å². The molecule has 0 radical (unpaired) electrons. The highest BCUT2D eigenvalue weighted by molar-refractivity contribution is 5.76. The van der Waals surface area contributed by atoms with Gasteiger partial charge in [0.15, 0.2) is 0 Å². The fraction of sp³-hybridized carbons (Fsp3) is 0.588. The minimum atomic E-state index is -0.157. The Kier molecular flexibility index (Phi) is 6.07. The van der Waals surface area contributed by atoms with Crippen LogP contribution in [0.4, 0.5) is 5.69 Å². The number of carbonyl (C=O) groups is 1. The highest BCUT2D eigenvalue weighted by Gasteiger charge is 2.22. The van der Waals surface area contributed by atoms with Gasteiger partial charge >= 0.3 is 0 Å². The van der Waals surface area contributed by atoms with Crippen LogP contribution in [0.2, 0.25) is 0 Å². The van der Waals surface area contributed by atoms with E-state index in [4.69, 9.17) is 16.2 Å². The zero-order valence-electron chi connectivity index (χ0n) is 13.4. The maximum Gasteiger partial charge on any atom is 0.220 e. The Labute approximate surface area is 132 Å². The van der Waals surface area contributed by atoms with Crippen LogP contribution in [-0.4, -0.2) is 37.0 Å². The van der Waals surface area contributed by atoms with Crippen LogP contribution in [0.1, 0.15) is 31.7 Å². The molecule has 0 spiro atoms. The SMILES string of the molecule is CCCOc1ccc(CCN2CCC(C(N)=O)CC2)cc1N. The number of carbonyl (C=O) groups excluding carboxylic acids is 1. The van der Waals surface area contributed by atoms with Gasteiger partial charge < -0.3 is 21.1 Å². The number of anilines is 1. The molecule has 0 aliphatic carbocycles. The molecule has 1 aromatic carbocycles. The first-order valence-electron chi connectivity index (χ1n) is 8.13. The normalized spacial score (nSPS) is 16.6. The first-order valence-corrected chi connectivity index (χ1v) is 8.13. The van der Waals surface area contributed by atoms with E-state index >= 15 is 0 Å². The van der Waals surface area contributed by atoms with Gasteiger partial charge in [0.2, 0.25) is 5.91 Å². The lowest BCUT2D eigenvalue weighted by atomic mass is 9.96. The number of primary amides is 1. The van der Waals surface area contributed by atoms with Crippen molar-refractivity contribution in [3.63, 3.8) is 0 Å². The third kappa shape index (κ3) is 4.63. The summed E-state index contributed by atoms with van der Waals surface area (Å²) in [6, 6.07) is 6.04. The van der Waals surface area contributed by atoms with E-state index in [9.17, 15) is 4.79 Å². The number of nitrogen functional groups attached to an aromatic ring is 1. The van der Waals surface area contributed by atoms with Crippen molar-refractivity contribution in [1.82, 2.24) is 4.90 Å². The quantitative estimate of drug-likeness (QED) is 0.753. The van der Waals surface area contributed by atoms with Crippen molar-refractivity contribution in [3.8, 4) is 5.75 Å². The minimum Gasteiger partial charge on any atom is -0.491 e. The van der Waals surface area contributed by atoms with Gasteiger partial charge in [-0.3, -0.25) is 4.79 Å². The number of rotatable bonds is 7. The van der Waals surface area contributed by atoms with E-state index in [1.807, 2.05) is 12.1 Å². The summed E-state index contributed by atoms with van der Waals surface area (Å²) in [4.78, 5) is 13.5. The van der Waals surface area contributed by atoms with Crippen molar-refractivity contribution in [2.45, 2.75) is 32.6 Å². The van der Waals surface area contributed by atoms with Crippen molar-refractivity contribution in [2.75, 3.05) is 32.0 Å². The standard InChI is InChI=1S/C17H27N3O2/c1-2-11-22-16-4-3-13(12-15(16)18)5-8-20-9-6-14(7-10-20)17(19)21/h3-4,12,14H,2,5-11,18H2,1H3,(H2,19,21). The molecule has 0 unspecified atom stereocenters. The summed E-state index contributed by atoms with van der Waals surface area (Å²) in [6.07, 6.45) is 3.68. The number of likely N-dealkylation sites (tertiary alicyclic amines) is 1. The minimum absolute atomic E-state index is 0.0573. The molecule has 5 heteroatoms. The monoisotopic (exact) mass is 305 g/mol. The maximum absolute atomic E-state index is 11.2. The Hall–Kier alpha value is -1.75. The van der Waals surface area contributed by atoms with Gasteiger partial charge in [-0.25, -0.2) is 0 Å². The van der Waals surface area contributed by atoms with Crippen LogP contribution in [0, 0.1) is 5.92 Å². The predicted octanol–water partition coefficient (Wildman–Crippen LogP) is 1.80. The zero-order chi connectivity index (χ0) is 15.9. The largest absolute Gasteiger partial charge is 0.491 e. The van der Waals surface area contributed by atoms with E-state index in [0.717, 1.165) is 51.1 Å². The molecule has 122 valence electrons. The van der Waals surface area contributed by atoms with E-state index in [2.05, 4.69) is 17.9 Å². The Balaban J connectivity index is 1.80. The summed E-state index contributed by atoms with van der Waals surface area (Å²) in [5.74, 6) is 0.671. The van der Waals surface area contributed by atoms with Crippen molar-refractivity contribution in [3.05, 3.63) is 23.8 Å². The molecule has 0 aromatic heterocycles. The number of piperidine rings is 1. The zero-order valence-corrected chi connectivity index (χ0v) is 13.4. The number of ether oxygens (including phenoxy) is 1. The van der Waals surface area contributed by atoms with Crippen LogP contribution in [-0.2, 0) is 11.2 Å². The molecule has 1 amide bonds. The summed E-state index contributed by atoms with van der Waals surface area (Å²) in [7, 11) is 0. The second-order valence-electron chi connectivity index (χ2n) is 5.99. The van der Waals surface area contributed by atoms with Gasteiger partial charge in [0, 0.05) is 12.5 Å². The first kappa shape index (κ1) is 16.6. The van der Waals surface area contributed by atoms with Crippen LogP contribution in [0.5, 0.6) is 5.75 Å². The molecule has 1 fully saturated rings. The van der Waals surface area contributed by atoms with Crippen molar-refractivity contribution < 1.29 is 9.53 Å². The lowest BCUT2D eigenvalue weighted by Gasteiger charge is -2.30. The van der Waals surface area contributed by atoms with Crippen LogP contribution in [0.3, 0.4) is 0 Å². The van der Waals surface area contributed by atoms with Crippen LogP contribution in [0.15, 0.2) is 18.2 Å². The van der Waals surface area contributed by atoms with Crippen LogP contribution in [0.25, 0.3) is 0 Å². The number of benzene rings is 1. The number of hydrogen-bond donors (Lipinski definition) is 2. The lowest BCUT2D eigenvalue weighted by molar-refractivity contribution is -0.123. The van der Waals surface area contributed by atoms with Crippen molar-refractivity contribution in [1.29, 1.82) is 0 Å². The molecule has 1 aliphatic heterocycles. The fourth-order valence-corrected chi connectivity index (χ4v) is 2.83. The molecular weight excluding hydrogens is 278 g/mol. The summed E-state index contributed by atoms with van der Waals surface area (Å²) in [5.41, 5.74) is 13.3. The Bertz CT molecular complexity index is 497. The average molecular weight is 305 g/mol. The molecular formula is C17H27N3O2. The third-order valence-electron chi connectivity index (χ3n) is 4.24. The second-order valence-corrected chi connectivity index (χ2v) is 5.99. The predicted molar refractivity (Wildman–Crippen MR) is 88.7 cm³/mol. The number of nitrogens with two attached hydrogens (primary N) is 2. The number of nitrogens with zero attached hydrogens (tertiary/aromatic N) is 1. The van der Waals surface area contributed by atoms with E-state index in [1.165, 1.54) is 5.56 Å². The van der Waals surface area contributed by atoms with Crippen molar-refractivity contribution >= 4 is 11.6 Å². The van der Waals surface area contributed by atoms with Crippen molar-refractivity contribution in [2.24, 2.45) is 11.7 Å². The summed E-state index contributed by atoms with van der Waals surface area (Å²) < 4.78 is 5.59. The fourth-order valence-electron chi connectivity index (χ4n) is 2.83. The molecule has 1 aliphatic rings. The van der Waals surface area contributed by atoms with Gasteiger partial charge in [0.25, 0.3) is 0 Å². The molecule has 1 heterocycles. The Morgan fingerprint density at radius 2 is 2.09 bits per heavy atom. The molecule has 0 saturated carbocycles. The van der Waals surface area contributed by atoms with Gasteiger partial charge in [-0.15, -0.1) is 0 Å². The Morgan fingerprint density at radius 3 is 2.68 bits per heavy atom. The average Bonchev–Trinajstić information content (AvgIpc) is 2.52. The number of amides is 1. The van der Waals surface area contributed by atoms with Gasteiger partial charge in [0.05, 0.1) is 12.3 Å². The molecule has 4 N–H and O–H groups in total. The lowest BCUT2D eigenvalue weighted by Crippen LogP contribution is -2.39. The Morgan fingerprint density at radius 1 is 1.36 bits per heavy atom. The number of hydrogen-bond acceptors (Lipinski definition) is 4. The third-order valence-corrected chi connectivity index (χ3v) is 4.24. The summed E-state index contributed by atoms with van der Waals surface area (Å²) in [5, 5.41) is 0. The summed E-state index contributed by atoms with van der Waals surface area (Å²) >= 11 is 0. The molecule has 1 aromatic rings. The van der Waals surface area contributed by atoms with E-state index in [-0.39, 0.29) is 11.8 Å². The maximum atomic E-state index is 11.2. The van der Waals surface area contributed by atoms with Crippen LogP contribution >= 0.6 is 0 Å². The van der Waals surface area contributed by atoms with E-state index in [1.54, 1.807) is 0 Å². The van der Waals surface area contributed by atoms with Gasteiger partial charge in [0.1, 0.15) is 5.75 Å².